The van der Waals surface area contributed by atoms with E-state index in [9.17, 15) is 19.8 Å². The summed E-state index contributed by atoms with van der Waals surface area (Å²) in [5.41, 5.74) is 7.23. The van der Waals surface area contributed by atoms with Gasteiger partial charge in [-0.05, 0) is 12.0 Å². The number of hydrogen-bond donors (Lipinski definition) is 5. The van der Waals surface area contributed by atoms with Crippen LogP contribution < -0.4 is 11.1 Å². The van der Waals surface area contributed by atoms with E-state index in [2.05, 4.69) is 15.3 Å². The van der Waals surface area contributed by atoms with Crippen molar-refractivity contribution in [2.45, 2.75) is 31.0 Å². The molecule has 0 aliphatic carbocycles. The number of carboxylic acid groups (broad SMARTS) is 1. The highest BCUT2D eigenvalue weighted by molar-refractivity contribution is 5.86. The zero-order valence-corrected chi connectivity index (χ0v) is 12.9. The molecule has 1 aromatic heterocycles. The molecule has 2 unspecified atom stereocenters. The monoisotopic (exact) mass is 332 g/mol. The highest BCUT2D eigenvalue weighted by Crippen LogP contribution is 2.06. The Balaban J connectivity index is 1.94. The van der Waals surface area contributed by atoms with Crippen LogP contribution in [-0.4, -0.2) is 50.2 Å². The maximum atomic E-state index is 12.1. The molecule has 0 saturated heterocycles. The third-order valence-corrected chi connectivity index (χ3v) is 3.57. The number of amides is 1. The quantitative estimate of drug-likeness (QED) is 0.439. The Hall–Kier alpha value is -2.71. The van der Waals surface area contributed by atoms with E-state index in [1.165, 1.54) is 6.33 Å². The van der Waals surface area contributed by atoms with Crippen molar-refractivity contribution in [3.8, 4) is 0 Å². The summed E-state index contributed by atoms with van der Waals surface area (Å²) in [6.07, 6.45) is 1.75. The SMILES string of the molecule is NC(Cc1ccccc1)C(O)C(=O)N[C@H](Cc1c[nH]cn1)C(=O)O. The van der Waals surface area contributed by atoms with E-state index in [1.807, 2.05) is 30.3 Å². The molecule has 8 nitrogen and oxygen atoms in total. The van der Waals surface area contributed by atoms with Crippen molar-refractivity contribution < 1.29 is 19.8 Å². The zero-order chi connectivity index (χ0) is 17.5. The van der Waals surface area contributed by atoms with Crippen LogP contribution in [0.3, 0.4) is 0 Å². The average molecular weight is 332 g/mol. The minimum atomic E-state index is -1.51. The van der Waals surface area contributed by atoms with Crippen molar-refractivity contribution in [1.29, 1.82) is 0 Å². The number of carbonyl (C=O) groups is 2. The normalized spacial score (nSPS) is 14.6. The molecule has 24 heavy (non-hydrogen) atoms. The van der Waals surface area contributed by atoms with E-state index < -0.39 is 30.1 Å². The van der Waals surface area contributed by atoms with Gasteiger partial charge in [0.2, 0.25) is 0 Å². The smallest absolute Gasteiger partial charge is 0.326 e. The molecular formula is C16H20N4O4. The molecule has 2 aromatic rings. The van der Waals surface area contributed by atoms with Crippen molar-refractivity contribution in [1.82, 2.24) is 15.3 Å². The maximum absolute atomic E-state index is 12.1. The number of aliphatic hydroxyl groups is 1. The van der Waals surface area contributed by atoms with Crippen molar-refractivity contribution >= 4 is 11.9 Å². The fraction of sp³-hybridized carbons (Fsp3) is 0.312. The van der Waals surface area contributed by atoms with Gasteiger partial charge in [-0.1, -0.05) is 30.3 Å². The number of rotatable bonds is 8. The van der Waals surface area contributed by atoms with Gasteiger partial charge in [0.05, 0.1) is 12.0 Å². The van der Waals surface area contributed by atoms with Gasteiger partial charge in [0.1, 0.15) is 12.1 Å². The van der Waals surface area contributed by atoms with Crippen LogP contribution in [-0.2, 0) is 22.4 Å². The standard InChI is InChI=1S/C16H20N4O4/c17-12(6-10-4-2-1-3-5-10)14(21)15(22)20-13(16(23)24)7-11-8-18-9-19-11/h1-5,8-9,12-14,21H,6-7,17H2,(H,18,19)(H,20,22)(H,23,24)/t12?,13-,14?/m1/s1. The summed E-state index contributed by atoms with van der Waals surface area (Å²) in [5, 5.41) is 21.6. The summed E-state index contributed by atoms with van der Waals surface area (Å²) >= 11 is 0. The second kappa shape index (κ2) is 8.23. The molecule has 0 aliphatic heterocycles. The van der Waals surface area contributed by atoms with Crippen molar-refractivity contribution in [3.63, 3.8) is 0 Å². The lowest BCUT2D eigenvalue weighted by molar-refractivity contribution is -0.143. The lowest BCUT2D eigenvalue weighted by Crippen LogP contribution is -2.52. The van der Waals surface area contributed by atoms with Gasteiger partial charge in [-0.2, -0.15) is 0 Å². The van der Waals surface area contributed by atoms with Crippen LogP contribution in [0.25, 0.3) is 0 Å². The molecule has 0 saturated carbocycles. The third-order valence-electron chi connectivity index (χ3n) is 3.57. The lowest BCUT2D eigenvalue weighted by atomic mass is 10.0. The molecule has 8 heteroatoms. The Morgan fingerprint density at radius 1 is 1.25 bits per heavy atom. The minimum Gasteiger partial charge on any atom is -0.480 e. The molecule has 128 valence electrons. The predicted molar refractivity (Wildman–Crippen MR) is 86.0 cm³/mol. The minimum absolute atomic E-state index is 0.00518. The number of carbonyl (C=O) groups excluding carboxylic acids is 1. The largest absolute Gasteiger partial charge is 0.480 e. The fourth-order valence-corrected chi connectivity index (χ4v) is 2.26. The number of benzene rings is 1. The molecule has 1 heterocycles. The number of aliphatic carboxylic acids is 1. The Labute approximate surface area is 138 Å². The Morgan fingerprint density at radius 2 is 1.96 bits per heavy atom. The maximum Gasteiger partial charge on any atom is 0.326 e. The first-order valence-electron chi connectivity index (χ1n) is 7.45. The molecule has 0 radical (unpaired) electrons. The van der Waals surface area contributed by atoms with Gasteiger partial charge in [0.25, 0.3) is 5.91 Å². The Bertz CT molecular complexity index is 660. The number of nitrogens with one attached hydrogen (secondary N) is 2. The summed E-state index contributed by atoms with van der Waals surface area (Å²) in [6.45, 7) is 0. The first kappa shape index (κ1) is 17.6. The van der Waals surface area contributed by atoms with Gasteiger partial charge in [-0.15, -0.1) is 0 Å². The number of nitrogens with zero attached hydrogens (tertiary/aromatic N) is 1. The number of aromatic nitrogens is 2. The summed E-state index contributed by atoms with van der Waals surface area (Å²) in [7, 11) is 0. The van der Waals surface area contributed by atoms with Gasteiger partial charge in [0, 0.05) is 18.7 Å². The summed E-state index contributed by atoms with van der Waals surface area (Å²) < 4.78 is 0. The van der Waals surface area contributed by atoms with Crippen LogP contribution in [0.15, 0.2) is 42.9 Å². The fourth-order valence-electron chi connectivity index (χ4n) is 2.26. The Morgan fingerprint density at radius 3 is 2.54 bits per heavy atom. The van der Waals surface area contributed by atoms with Crippen molar-refractivity contribution in [2.24, 2.45) is 5.73 Å². The van der Waals surface area contributed by atoms with E-state index in [-0.39, 0.29) is 6.42 Å². The first-order valence-corrected chi connectivity index (χ1v) is 7.45. The van der Waals surface area contributed by atoms with E-state index in [4.69, 9.17) is 5.73 Å². The number of hydrogen-bond acceptors (Lipinski definition) is 5. The van der Waals surface area contributed by atoms with E-state index in [0.717, 1.165) is 5.56 Å². The molecule has 0 bridgehead atoms. The molecule has 0 spiro atoms. The number of H-pyrrole nitrogens is 1. The summed E-state index contributed by atoms with van der Waals surface area (Å²) in [4.78, 5) is 30.0. The van der Waals surface area contributed by atoms with Gasteiger partial charge in [-0.25, -0.2) is 9.78 Å². The van der Waals surface area contributed by atoms with Crippen LogP contribution >= 0.6 is 0 Å². The summed E-state index contributed by atoms with van der Waals surface area (Å²) in [6, 6.07) is 7.15. The van der Waals surface area contributed by atoms with Crippen molar-refractivity contribution in [2.75, 3.05) is 0 Å². The lowest BCUT2D eigenvalue weighted by Gasteiger charge is -2.21. The number of carboxylic acids is 1. The van der Waals surface area contributed by atoms with Crippen LogP contribution in [0, 0.1) is 0 Å². The number of aromatic amines is 1. The van der Waals surface area contributed by atoms with E-state index >= 15 is 0 Å². The number of nitrogens with two attached hydrogens (primary N) is 1. The average Bonchev–Trinajstić information content (AvgIpc) is 3.07. The third kappa shape index (κ3) is 4.90. The van der Waals surface area contributed by atoms with Gasteiger partial charge < -0.3 is 26.2 Å². The van der Waals surface area contributed by atoms with Gasteiger partial charge in [0.15, 0.2) is 0 Å². The van der Waals surface area contributed by atoms with Gasteiger partial charge >= 0.3 is 5.97 Å². The summed E-state index contributed by atoms with van der Waals surface area (Å²) in [5.74, 6) is -2.03. The van der Waals surface area contributed by atoms with Crippen LogP contribution in [0.2, 0.25) is 0 Å². The predicted octanol–water partition coefficient (Wildman–Crippen LogP) is -0.547. The first-order chi connectivity index (χ1) is 11.5. The van der Waals surface area contributed by atoms with Crippen LogP contribution in [0.1, 0.15) is 11.3 Å². The van der Waals surface area contributed by atoms with E-state index in [1.54, 1.807) is 6.20 Å². The molecule has 1 amide bonds. The molecule has 0 fully saturated rings. The highest BCUT2D eigenvalue weighted by atomic mass is 16.4. The van der Waals surface area contributed by atoms with Crippen LogP contribution in [0.4, 0.5) is 0 Å². The molecule has 2 rings (SSSR count). The number of imidazole rings is 1. The molecule has 3 atom stereocenters. The van der Waals surface area contributed by atoms with E-state index in [0.29, 0.717) is 12.1 Å². The number of aliphatic hydroxyl groups excluding tert-OH is 1. The van der Waals surface area contributed by atoms with Crippen LogP contribution in [0.5, 0.6) is 0 Å². The zero-order valence-electron chi connectivity index (χ0n) is 12.9. The van der Waals surface area contributed by atoms with Gasteiger partial charge in [-0.3, -0.25) is 4.79 Å². The van der Waals surface area contributed by atoms with Crippen molar-refractivity contribution in [3.05, 3.63) is 54.1 Å². The molecule has 0 aliphatic rings. The highest BCUT2D eigenvalue weighted by Gasteiger charge is 2.28. The Kier molecular flexibility index (Phi) is 6.05. The molecular weight excluding hydrogens is 312 g/mol. The molecule has 6 N–H and O–H groups in total. The molecule has 1 aromatic carbocycles. The second-order valence-corrected chi connectivity index (χ2v) is 5.46. The topological polar surface area (TPSA) is 141 Å². The second-order valence-electron chi connectivity index (χ2n) is 5.46.